The number of nitrogens with zero attached hydrogens (tertiary/aromatic N) is 10. The number of benzene rings is 6. The number of pyridine rings is 10. The first-order valence-electron chi connectivity index (χ1n) is 48.6. The van der Waals surface area contributed by atoms with E-state index in [1.54, 1.807) is 55.2 Å². The molecule has 15 heteroatoms. The molecule has 0 saturated carbocycles. The molecule has 0 bridgehead atoms. The van der Waals surface area contributed by atoms with Gasteiger partial charge < -0.3 is 22.1 Å². The van der Waals surface area contributed by atoms with E-state index in [4.69, 9.17) is 41.3 Å². The van der Waals surface area contributed by atoms with E-state index in [9.17, 15) is 0 Å². The molecule has 622 valence electrons. The maximum Gasteiger partial charge on any atom is 0.227 e. The average Bonchev–Trinajstić information content (AvgIpc) is 1.68. The van der Waals surface area contributed by atoms with Gasteiger partial charge in [0, 0.05) is 161 Å². The molecule has 0 spiro atoms. The van der Waals surface area contributed by atoms with Crippen LogP contribution in [0.25, 0.3) is 178 Å². The van der Waals surface area contributed by atoms with Crippen molar-refractivity contribution in [3.05, 3.63) is 321 Å². The number of hydrogen-bond acceptors (Lipinski definition) is 10. The standard InChI is InChI=1S/C25H21N2O.2C22H23N2O.C21H21N2O.C20H19N2O/c1-16-6-9-18(10-7-16)19-12-14-27(3)22(15-19)23-17(2)8-11-20-21-5-4-13-26-25(21)28-24(20)23;1-13(2)16-8-11-19(24(5)12-16)20-14(3)6-9-17-18-10-7-15(4)23-22(18)25-21(17)20;1-13(2)16-10-11-24(5)19(12-16)20-14(3)6-8-17-18-9-7-15(4)23-22(18)25-21(17)20;1-12-6-8-16-17-9-7-15(4)22-21(17)24-20(16)19(12)18-10-13(2)14(3)11-23(18)5;1-12-5-10-17(22(4)11-12)18-13(2)6-8-15-16-9-7-14(3)21-20(16)23-19(15)18/h4-15H,1-3H3;2*6-13H,1-5H3;6-11H,1-5H3;5-11H,1-4H3/q5*+1/i;2*1D3,13D;3D3;1D3. The number of aryl methyl sites for hydroxylation is 18. The van der Waals surface area contributed by atoms with Crippen molar-refractivity contribution in [2.45, 2.75) is 129 Å². The van der Waals surface area contributed by atoms with Crippen molar-refractivity contribution < 1.29 is 64.1 Å². The molecule has 125 heavy (non-hydrogen) atoms. The lowest BCUT2D eigenvalue weighted by atomic mass is 9.97. The molecule has 21 rings (SSSR count). The normalized spacial score (nSPS) is 14.6. The summed E-state index contributed by atoms with van der Waals surface area (Å²) in [6.45, 7) is 15.6. The van der Waals surface area contributed by atoms with E-state index in [1.165, 1.54) is 36.1 Å². The first-order chi connectivity index (χ1) is 65.5. The summed E-state index contributed by atoms with van der Waals surface area (Å²) in [5, 5.41) is 9.99. The van der Waals surface area contributed by atoms with Crippen LogP contribution in [0.4, 0.5) is 0 Å². The van der Waals surface area contributed by atoms with Crippen molar-refractivity contribution in [2.75, 3.05) is 0 Å². The molecule has 0 aliphatic rings. The van der Waals surface area contributed by atoms with Gasteiger partial charge in [-0.15, -0.1) is 0 Å². The van der Waals surface area contributed by atoms with E-state index < -0.39 is 39.2 Å². The van der Waals surface area contributed by atoms with Crippen LogP contribution in [0.15, 0.2) is 259 Å². The van der Waals surface area contributed by atoms with Gasteiger partial charge in [0.05, 0.1) is 27.8 Å². The van der Waals surface area contributed by atoms with Crippen molar-refractivity contribution in [2.24, 2.45) is 35.2 Å². The van der Waals surface area contributed by atoms with Crippen molar-refractivity contribution in [3.8, 4) is 67.4 Å². The molecule has 2 atom stereocenters. The third kappa shape index (κ3) is 15.8. The summed E-state index contributed by atoms with van der Waals surface area (Å²) in [6.07, 6.45) is 10.8. The molecule has 15 aromatic heterocycles. The van der Waals surface area contributed by atoms with Gasteiger partial charge in [-0.1, -0.05) is 118 Å². The third-order valence-electron chi connectivity index (χ3n) is 23.6. The molecule has 0 aliphatic heterocycles. The predicted octanol–water partition coefficient (Wildman–Crippen LogP) is 25.3. The van der Waals surface area contributed by atoms with E-state index in [0.29, 0.717) is 56.4 Å². The van der Waals surface area contributed by atoms with Gasteiger partial charge in [-0.25, -0.2) is 47.8 Å². The maximum absolute atomic E-state index is 8.47. The number of furan rings is 5. The van der Waals surface area contributed by atoms with E-state index in [1.807, 2.05) is 206 Å². The SMILES string of the molecule is Cc1ccc(-c2cc[n+](C)c(-c3c(C)ccc4c3oc3ncccc34)c2)cc1.[2H]C([2H])([2H])C([2H])(C)c1cc[n+](C)c(-c2c(C)ccc3c2oc2nc(C)ccc23)c1.[2H]C([2H])([2H])C([2H])(C)c1ccc(-c2c(C)ccc3c2oc2nc(C)ccc23)[n+](C)c1.[2H]C([2H])([2H])c1c[n+](C)c(-c2c(C)ccc3c2oc2nc(C)ccc23)cc1C.[2H]C([2H])([2H])c1ccc(-c2c(C)ccc3c2oc2nc(C)ccc23)[n+](C)c1. The quantitative estimate of drug-likeness (QED) is 0.135. The lowest BCUT2D eigenvalue weighted by Crippen LogP contribution is -2.31. The second-order valence-corrected chi connectivity index (χ2v) is 32.9. The summed E-state index contributed by atoms with van der Waals surface area (Å²) in [7, 11) is 9.56. The first-order valence-corrected chi connectivity index (χ1v) is 41.6. The lowest BCUT2D eigenvalue weighted by Gasteiger charge is -2.09. The summed E-state index contributed by atoms with van der Waals surface area (Å²) in [5.41, 5.74) is 31.4. The highest BCUT2D eigenvalue weighted by Gasteiger charge is 2.29. The van der Waals surface area contributed by atoms with Crippen LogP contribution in [-0.2, 0) is 35.2 Å². The minimum absolute atomic E-state index is 0.315. The average molecular weight is 1660 g/mol. The van der Waals surface area contributed by atoms with Crippen LogP contribution in [0.3, 0.4) is 0 Å². The van der Waals surface area contributed by atoms with Gasteiger partial charge in [0.1, 0.15) is 35.2 Å². The lowest BCUT2D eigenvalue weighted by molar-refractivity contribution is -0.660. The zero-order valence-corrected chi connectivity index (χ0v) is 73.5. The second-order valence-electron chi connectivity index (χ2n) is 32.9. The van der Waals surface area contributed by atoms with Gasteiger partial charge in [-0.2, -0.15) is 0 Å². The Balaban J connectivity index is 0.000000120. The van der Waals surface area contributed by atoms with Crippen molar-refractivity contribution in [3.63, 3.8) is 0 Å². The molecule has 0 aliphatic carbocycles. The van der Waals surface area contributed by atoms with E-state index in [2.05, 4.69) is 135 Å². The molecule has 0 radical (unpaired) electrons. The van der Waals surface area contributed by atoms with Crippen LogP contribution in [0.5, 0.6) is 0 Å². The van der Waals surface area contributed by atoms with E-state index in [0.717, 1.165) is 183 Å². The van der Waals surface area contributed by atoms with Crippen LogP contribution in [0, 0.1) is 89.9 Å². The molecule has 15 heterocycles. The van der Waals surface area contributed by atoms with Gasteiger partial charge in [0.15, 0.2) is 58.9 Å². The van der Waals surface area contributed by atoms with E-state index >= 15 is 0 Å². The largest absolute Gasteiger partial charge is 0.437 e. The Morgan fingerprint density at radius 3 is 1.08 bits per heavy atom. The molecular formula is C110H107N10O5+5. The minimum Gasteiger partial charge on any atom is -0.437 e. The van der Waals surface area contributed by atoms with Crippen LogP contribution >= 0.6 is 0 Å². The smallest absolute Gasteiger partial charge is 0.227 e. The van der Waals surface area contributed by atoms with Crippen LogP contribution in [0.1, 0.15) is 143 Å². The van der Waals surface area contributed by atoms with E-state index in [-0.39, 0.29) is 0 Å². The fourth-order valence-corrected chi connectivity index (χ4v) is 16.8. The number of fused-ring (bicyclic) bond motifs is 15. The van der Waals surface area contributed by atoms with Crippen molar-refractivity contribution >= 4 is 110 Å². The Kier molecular flexibility index (Phi) is 18.1. The van der Waals surface area contributed by atoms with Crippen LogP contribution in [0.2, 0.25) is 0 Å². The number of rotatable bonds is 8. The Morgan fingerprint density at radius 2 is 0.656 bits per heavy atom. The highest BCUT2D eigenvalue weighted by atomic mass is 16.4. The number of hydrogen-bond donors (Lipinski definition) is 0. The number of aromatic nitrogens is 10. The van der Waals surface area contributed by atoms with Gasteiger partial charge in [-0.3, -0.25) is 0 Å². The van der Waals surface area contributed by atoms with Crippen LogP contribution in [-0.4, -0.2) is 24.9 Å². The minimum atomic E-state index is -2.44. The Hall–Kier alpha value is -14.2. The maximum atomic E-state index is 8.47. The first kappa shape index (κ1) is 67.4. The fraction of sp³-hybridized carbons (Fsp3) is 0.218. The molecule has 0 fully saturated rings. The Bertz CT molecular complexity index is 8490. The molecule has 0 amide bonds. The molecule has 0 N–H and O–H groups in total. The fourth-order valence-electron chi connectivity index (χ4n) is 16.8. The summed E-state index contributed by atoms with van der Waals surface area (Å²) in [6, 6.07) is 66.2. The van der Waals surface area contributed by atoms with Crippen LogP contribution < -0.4 is 22.8 Å². The topological polar surface area (TPSA) is 150 Å². The molecular weight excluding hydrogens is 1540 g/mol. The van der Waals surface area contributed by atoms with Gasteiger partial charge in [-0.05, 0) is 225 Å². The van der Waals surface area contributed by atoms with Crippen molar-refractivity contribution in [1.29, 1.82) is 0 Å². The Labute approximate surface area is 748 Å². The third-order valence-corrected chi connectivity index (χ3v) is 23.6. The second kappa shape index (κ2) is 33.6. The molecule has 6 aromatic carbocycles. The predicted molar refractivity (Wildman–Crippen MR) is 506 cm³/mol. The Morgan fingerprint density at radius 1 is 0.288 bits per heavy atom. The zero-order chi connectivity index (χ0) is 99.7. The highest BCUT2D eigenvalue weighted by molar-refractivity contribution is 6.13. The van der Waals surface area contributed by atoms with Crippen molar-refractivity contribution in [1.82, 2.24) is 24.9 Å². The molecule has 21 aromatic rings. The summed E-state index contributed by atoms with van der Waals surface area (Å²) in [4.78, 5) is 22.4. The molecule has 0 saturated heterocycles. The van der Waals surface area contributed by atoms with Gasteiger partial charge in [0.2, 0.25) is 57.0 Å². The molecule has 2 unspecified atom stereocenters. The summed E-state index contributed by atoms with van der Waals surface area (Å²) >= 11 is 0. The zero-order valence-electron chi connectivity index (χ0n) is 87.5. The monoisotopic (exact) mass is 1660 g/mol. The summed E-state index contributed by atoms with van der Waals surface area (Å²) in [5.74, 6) is -3.41. The molecule has 15 nitrogen and oxygen atoms in total. The van der Waals surface area contributed by atoms with Gasteiger partial charge >= 0.3 is 0 Å². The van der Waals surface area contributed by atoms with Gasteiger partial charge in [0.25, 0.3) is 0 Å². The highest BCUT2D eigenvalue weighted by Crippen LogP contribution is 2.43. The summed E-state index contributed by atoms with van der Waals surface area (Å²) < 4.78 is 150.